The molecule has 23 heavy (non-hydrogen) atoms. The monoisotopic (exact) mass is 345 g/mol. The van der Waals surface area contributed by atoms with Gasteiger partial charge in [-0.05, 0) is 42.8 Å². The van der Waals surface area contributed by atoms with E-state index in [2.05, 4.69) is 65.1 Å². The molecule has 2 rings (SSSR count). The Morgan fingerprint density at radius 2 is 1.57 bits per heavy atom. The van der Waals surface area contributed by atoms with Crippen LogP contribution in [0.5, 0.6) is 0 Å². The van der Waals surface area contributed by atoms with Crippen LogP contribution in [0.15, 0.2) is 59.5 Å². The Bertz CT molecular complexity index is 664. The Kier molecular flexibility index (Phi) is 5.30. The van der Waals surface area contributed by atoms with Gasteiger partial charge in [0.25, 0.3) is 0 Å². The van der Waals surface area contributed by atoms with Gasteiger partial charge < -0.3 is 4.43 Å². The second-order valence-electron chi connectivity index (χ2n) is 7.43. The minimum absolute atomic E-state index is 0.0575. The summed E-state index contributed by atoms with van der Waals surface area (Å²) < 4.78 is 15.7. The molecule has 1 atom stereocenters. The summed E-state index contributed by atoms with van der Waals surface area (Å²) in [5.41, 5.74) is 0.972. The van der Waals surface area contributed by atoms with Crippen molar-refractivity contribution >= 4 is 20.1 Å². The van der Waals surface area contributed by atoms with E-state index in [1.54, 1.807) is 0 Å². The summed E-state index contributed by atoms with van der Waals surface area (Å²) in [6, 6.07) is 18.2. The van der Waals surface area contributed by atoms with Gasteiger partial charge >= 0.3 is 0 Å². The Labute approximate surface area is 148 Å². The van der Waals surface area contributed by atoms with Crippen molar-refractivity contribution in [3.63, 3.8) is 0 Å². The third-order valence-electron chi connectivity index (χ3n) is 4.40. The molecular formula is C20H28OSSi. The number of benzene rings is 2. The molecule has 0 saturated heterocycles. The van der Waals surface area contributed by atoms with E-state index in [9.17, 15) is 0 Å². The Morgan fingerprint density at radius 3 is 2.09 bits per heavy atom. The van der Waals surface area contributed by atoms with Gasteiger partial charge in [0.15, 0.2) is 8.32 Å². The molecule has 3 heteroatoms. The topological polar surface area (TPSA) is 9.23 Å². The first-order valence-corrected chi connectivity index (χ1v) is 11.8. The second kappa shape index (κ2) is 7.25. The molecule has 0 aromatic heterocycles. The Morgan fingerprint density at radius 1 is 1.00 bits per heavy atom. The molecule has 124 valence electrons. The van der Waals surface area contributed by atoms with Crippen molar-refractivity contribution < 1.29 is 5.80 Å². The lowest BCUT2D eigenvalue weighted by atomic mass is 10.2. The average molecular weight is 346 g/mol. The van der Waals surface area contributed by atoms with Crippen LogP contribution in [0.25, 0.3) is 0 Å². The Hall–Kier alpha value is -1.03. The summed E-state index contributed by atoms with van der Waals surface area (Å²) in [7, 11) is -2.10. The number of hydrogen-bond donors (Lipinski definition) is 0. The van der Waals surface area contributed by atoms with E-state index in [0.717, 1.165) is 10.5 Å². The molecule has 0 bridgehead atoms. The van der Waals surface area contributed by atoms with E-state index < -0.39 is 13.7 Å². The second-order valence-corrected chi connectivity index (χ2v) is 13.2. The number of hydrogen-bond acceptors (Lipinski definition) is 2. The third kappa shape index (κ3) is 4.97. The van der Waals surface area contributed by atoms with Gasteiger partial charge in [-0.25, -0.2) is 0 Å². The molecule has 0 fully saturated rings. The standard InChI is InChI=1S/C20H28OSSi/c1-16-12-14-18(15-13-16)22-19(17-10-8-7-9-11-17)21-23(5,6)20(2,3)4/h7-15,19H,1-6H3/i19D. The summed E-state index contributed by atoms with van der Waals surface area (Å²) in [6.07, 6.45) is 0. The third-order valence-corrected chi connectivity index (χ3v) is 9.88. The van der Waals surface area contributed by atoms with E-state index in [-0.39, 0.29) is 5.04 Å². The van der Waals surface area contributed by atoms with Gasteiger partial charge in [0.1, 0.15) is 5.41 Å². The molecule has 0 amide bonds. The first-order chi connectivity index (χ1) is 11.0. The van der Waals surface area contributed by atoms with Crippen LogP contribution < -0.4 is 0 Å². The minimum atomic E-state index is -2.10. The highest BCUT2D eigenvalue weighted by atomic mass is 32.2. The van der Waals surface area contributed by atoms with E-state index in [1.165, 1.54) is 17.3 Å². The zero-order chi connectivity index (χ0) is 18.0. The van der Waals surface area contributed by atoms with Gasteiger partial charge in [-0.2, -0.15) is 0 Å². The van der Waals surface area contributed by atoms with Crippen molar-refractivity contribution in [2.24, 2.45) is 0 Å². The van der Waals surface area contributed by atoms with Gasteiger partial charge in [-0.15, -0.1) is 0 Å². The van der Waals surface area contributed by atoms with Crippen molar-refractivity contribution in [2.45, 2.75) is 56.1 Å². The predicted molar refractivity (Wildman–Crippen MR) is 105 cm³/mol. The maximum atomic E-state index is 9.16. The van der Waals surface area contributed by atoms with Gasteiger partial charge in [0.2, 0.25) is 0 Å². The van der Waals surface area contributed by atoms with E-state index in [0.29, 0.717) is 0 Å². The molecule has 0 aliphatic heterocycles. The van der Waals surface area contributed by atoms with Crippen LogP contribution in [-0.2, 0) is 4.43 Å². The van der Waals surface area contributed by atoms with Crippen molar-refractivity contribution in [1.29, 1.82) is 0 Å². The molecule has 0 saturated carbocycles. The first-order valence-electron chi connectivity index (χ1n) is 8.55. The molecule has 0 aliphatic carbocycles. The van der Waals surface area contributed by atoms with Gasteiger partial charge in [-0.3, -0.25) is 0 Å². The van der Waals surface area contributed by atoms with Crippen molar-refractivity contribution in [3.05, 3.63) is 65.7 Å². The minimum Gasteiger partial charge on any atom is -0.401 e. The van der Waals surface area contributed by atoms with Crippen molar-refractivity contribution in [3.8, 4) is 0 Å². The molecule has 0 aliphatic rings. The summed E-state index contributed by atoms with van der Waals surface area (Å²) >= 11 is 1.47. The molecule has 2 aromatic carbocycles. The summed E-state index contributed by atoms with van der Waals surface area (Å²) in [4.78, 5) is 1.05. The zero-order valence-electron chi connectivity index (χ0n) is 16.0. The van der Waals surface area contributed by atoms with Crippen molar-refractivity contribution in [1.82, 2.24) is 0 Å². The fourth-order valence-electron chi connectivity index (χ4n) is 1.81. The maximum absolute atomic E-state index is 9.16. The number of rotatable bonds is 5. The average Bonchev–Trinajstić information content (AvgIpc) is 2.49. The fourth-order valence-corrected chi connectivity index (χ4v) is 4.23. The van der Waals surface area contributed by atoms with E-state index in [4.69, 9.17) is 5.80 Å². The molecular weight excluding hydrogens is 316 g/mol. The van der Waals surface area contributed by atoms with Crippen LogP contribution in [0.2, 0.25) is 18.1 Å². The lowest BCUT2D eigenvalue weighted by Gasteiger charge is -2.39. The van der Waals surface area contributed by atoms with Gasteiger partial charge in [0, 0.05) is 4.90 Å². The predicted octanol–water partition coefficient (Wildman–Crippen LogP) is 6.81. The smallest absolute Gasteiger partial charge is 0.194 e. The van der Waals surface area contributed by atoms with E-state index in [1.807, 2.05) is 30.3 Å². The Balaban J connectivity index is 2.40. The van der Waals surface area contributed by atoms with Gasteiger partial charge in [0.05, 0.1) is 1.37 Å². The summed E-state index contributed by atoms with van der Waals surface area (Å²) in [5, 5.41) is 0.0575. The number of aryl methyl sites for hydroxylation is 1. The quantitative estimate of drug-likeness (QED) is 0.334. The van der Waals surface area contributed by atoms with Crippen LogP contribution in [0.4, 0.5) is 0 Å². The largest absolute Gasteiger partial charge is 0.401 e. The number of thioether (sulfide) groups is 1. The SMILES string of the molecule is [2H]C(O[Si](C)(C)C(C)(C)C)(Sc1ccc(C)cc1)c1ccccc1. The highest BCUT2D eigenvalue weighted by molar-refractivity contribution is 7.99. The van der Waals surface area contributed by atoms with Crippen LogP contribution in [0, 0.1) is 6.92 Å². The van der Waals surface area contributed by atoms with Crippen LogP contribution in [0.1, 0.15) is 38.7 Å². The zero-order valence-corrected chi connectivity index (χ0v) is 16.8. The molecule has 0 N–H and O–H groups in total. The van der Waals surface area contributed by atoms with Crippen LogP contribution >= 0.6 is 11.8 Å². The molecule has 0 spiro atoms. The summed E-state index contributed by atoms with van der Waals surface area (Å²) in [6.45, 7) is 13.1. The van der Waals surface area contributed by atoms with Crippen LogP contribution in [0.3, 0.4) is 0 Å². The van der Waals surface area contributed by atoms with Gasteiger partial charge in [-0.1, -0.05) is 80.6 Å². The summed E-state index contributed by atoms with van der Waals surface area (Å²) in [5.74, 6) is 0. The fraction of sp³-hybridized carbons (Fsp3) is 0.400. The first kappa shape index (κ1) is 16.8. The molecule has 2 aromatic rings. The molecule has 1 unspecified atom stereocenters. The lowest BCUT2D eigenvalue weighted by Crippen LogP contribution is -2.41. The lowest BCUT2D eigenvalue weighted by molar-refractivity contribution is 0.266. The van der Waals surface area contributed by atoms with Crippen molar-refractivity contribution in [2.75, 3.05) is 0 Å². The molecule has 1 nitrogen and oxygen atoms in total. The molecule has 0 heterocycles. The maximum Gasteiger partial charge on any atom is 0.194 e. The van der Waals surface area contributed by atoms with Crippen LogP contribution in [-0.4, -0.2) is 8.32 Å². The van der Waals surface area contributed by atoms with E-state index >= 15 is 0 Å². The highest BCUT2D eigenvalue weighted by Gasteiger charge is 2.39. The normalized spacial score (nSPS) is 15.8. The molecule has 0 radical (unpaired) electrons. The highest BCUT2D eigenvalue weighted by Crippen LogP contribution is 2.44.